The molecule has 0 aromatic carbocycles. The van der Waals surface area contributed by atoms with Crippen LogP contribution in [0, 0.1) is 0 Å². The molecule has 0 aliphatic carbocycles. The van der Waals surface area contributed by atoms with Crippen LogP contribution in [0.5, 0.6) is 0 Å². The number of hydrogen-bond donors (Lipinski definition) is 1. The van der Waals surface area contributed by atoms with E-state index in [0.717, 1.165) is 13.0 Å². The summed E-state index contributed by atoms with van der Waals surface area (Å²) in [5.74, 6) is 0. The Morgan fingerprint density at radius 2 is 2.27 bits per heavy atom. The van der Waals surface area contributed by atoms with E-state index in [1.807, 2.05) is 0 Å². The maximum Gasteiger partial charge on any atom is 0.102 e. The lowest BCUT2D eigenvalue weighted by Gasteiger charge is -2.15. The third kappa shape index (κ3) is 1.28. The zero-order chi connectivity index (χ0) is 7.84. The molecule has 64 valence electrons. The summed E-state index contributed by atoms with van der Waals surface area (Å²) in [6.45, 7) is 3.17. The summed E-state index contributed by atoms with van der Waals surface area (Å²) < 4.78 is 10.7. The van der Waals surface area contributed by atoms with Crippen molar-refractivity contribution in [2.45, 2.75) is 37.7 Å². The molecule has 0 amide bonds. The third-order valence-corrected chi connectivity index (χ3v) is 2.62. The maximum atomic E-state index is 5.39. The lowest BCUT2D eigenvalue weighted by atomic mass is 10.1. The molecule has 3 heteroatoms. The smallest absolute Gasteiger partial charge is 0.102 e. The van der Waals surface area contributed by atoms with Gasteiger partial charge in [0.15, 0.2) is 0 Å². The summed E-state index contributed by atoms with van der Waals surface area (Å²) in [4.78, 5) is 0. The van der Waals surface area contributed by atoms with Crippen LogP contribution in [0.3, 0.4) is 0 Å². The fourth-order valence-corrected chi connectivity index (χ4v) is 1.87. The number of epoxide rings is 1. The van der Waals surface area contributed by atoms with Gasteiger partial charge in [0, 0.05) is 7.11 Å². The van der Waals surface area contributed by atoms with Crippen molar-refractivity contribution >= 4 is 0 Å². The minimum absolute atomic E-state index is 0.366. The van der Waals surface area contributed by atoms with Crippen LogP contribution in [0.1, 0.15) is 13.3 Å². The van der Waals surface area contributed by atoms with Crippen LogP contribution < -0.4 is 5.32 Å². The first-order chi connectivity index (χ1) is 5.33. The summed E-state index contributed by atoms with van der Waals surface area (Å²) in [7, 11) is 1.78. The van der Waals surface area contributed by atoms with Crippen molar-refractivity contribution in [2.75, 3.05) is 13.7 Å². The van der Waals surface area contributed by atoms with Gasteiger partial charge in [-0.3, -0.25) is 0 Å². The molecule has 11 heavy (non-hydrogen) atoms. The van der Waals surface area contributed by atoms with Crippen molar-refractivity contribution in [3.63, 3.8) is 0 Å². The lowest BCUT2D eigenvalue weighted by molar-refractivity contribution is 0.0827. The molecule has 0 aromatic heterocycles. The van der Waals surface area contributed by atoms with Gasteiger partial charge >= 0.3 is 0 Å². The third-order valence-electron chi connectivity index (χ3n) is 2.62. The van der Waals surface area contributed by atoms with Gasteiger partial charge in [-0.15, -0.1) is 0 Å². The second kappa shape index (κ2) is 2.73. The van der Waals surface area contributed by atoms with E-state index in [1.54, 1.807) is 7.11 Å². The lowest BCUT2D eigenvalue weighted by Crippen LogP contribution is -2.37. The molecule has 2 saturated heterocycles. The molecule has 2 rings (SSSR count). The van der Waals surface area contributed by atoms with E-state index in [0.29, 0.717) is 24.4 Å². The highest BCUT2D eigenvalue weighted by Gasteiger charge is 2.46. The van der Waals surface area contributed by atoms with Crippen molar-refractivity contribution in [1.82, 2.24) is 5.32 Å². The number of methoxy groups -OCH3 is 1. The fraction of sp³-hybridized carbons (Fsp3) is 1.00. The van der Waals surface area contributed by atoms with Crippen molar-refractivity contribution in [2.24, 2.45) is 0 Å². The van der Waals surface area contributed by atoms with Gasteiger partial charge in [0.05, 0.1) is 18.2 Å². The maximum absolute atomic E-state index is 5.39. The summed E-state index contributed by atoms with van der Waals surface area (Å²) in [5.41, 5.74) is 0. The minimum Gasteiger partial charge on any atom is -0.380 e. The molecule has 4 unspecified atom stereocenters. The van der Waals surface area contributed by atoms with E-state index in [9.17, 15) is 0 Å². The molecule has 4 atom stereocenters. The second-order valence-corrected chi connectivity index (χ2v) is 3.35. The molecule has 0 bridgehead atoms. The van der Waals surface area contributed by atoms with Crippen LogP contribution in [0.4, 0.5) is 0 Å². The SMILES string of the molecule is COC1CCNC1C1OC1C. The zero-order valence-electron chi connectivity index (χ0n) is 7.04. The summed E-state index contributed by atoms with van der Waals surface area (Å²) in [6.07, 6.45) is 2.32. The van der Waals surface area contributed by atoms with E-state index in [-0.39, 0.29) is 0 Å². The van der Waals surface area contributed by atoms with Crippen LogP contribution >= 0.6 is 0 Å². The summed E-state index contributed by atoms with van der Waals surface area (Å²) in [6, 6.07) is 0.440. The molecule has 2 fully saturated rings. The number of ether oxygens (including phenoxy) is 2. The topological polar surface area (TPSA) is 33.8 Å². The molecule has 3 nitrogen and oxygen atoms in total. The first kappa shape index (κ1) is 7.53. The standard InChI is InChI=1S/C8H15NO2/c1-5-8(11-5)7-6(10-2)3-4-9-7/h5-9H,3-4H2,1-2H3. The quantitative estimate of drug-likeness (QED) is 0.579. The van der Waals surface area contributed by atoms with Crippen LogP contribution in [0.15, 0.2) is 0 Å². The van der Waals surface area contributed by atoms with Gasteiger partial charge in [-0.2, -0.15) is 0 Å². The predicted molar refractivity (Wildman–Crippen MR) is 41.5 cm³/mol. The molecule has 2 heterocycles. The van der Waals surface area contributed by atoms with Crippen LogP contribution in [0.25, 0.3) is 0 Å². The van der Waals surface area contributed by atoms with Gasteiger partial charge in [-0.25, -0.2) is 0 Å². The highest BCUT2D eigenvalue weighted by atomic mass is 16.6. The first-order valence-corrected chi connectivity index (χ1v) is 4.24. The Morgan fingerprint density at radius 3 is 2.82 bits per heavy atom. The van der Waals surface area contributed by atoms with Crippen molar-refractivity contribution in [3.05, 3.63) is 0 Å². The highest BCUT2D eigenvalue weighted by molar-refractivity contribution is 4.99. The number of rotatable bonds is 2. The monoisotopic (exact) mass is 157 g/mol. The Labute approximate surface area is 67.1 Å². The average Bonchev–Trinajstić information content (AvgIpc) is 2.58. The van der Waals surface area contributed by atoms with Crippen molar-refractivity contribution in [3.8, 4) is 0 Å². The van der Waals surface area contributed by atoms with Crippen molar-refractivity contribution < 1.29 is 9.47 Å². The predicted octanol–water partition coefficient (Wildman–Crippen LogP) is 0.151. The Hall–Kier alpha value is -0.120. The normalized spacial score (nSPS) is 49.6. The van der Waals surface area contributed by atoms with E-state index in [2.05, 4.69) is 12.2 Å². The number of hydrogen-bond acceptors (Lipinski definition) is 3. The second-order valence-electron chi connectivity index (χ2n) is 3.35. The van der Waals surface area contributed by atoms with Gasteiger partial charge in [0.25, 0.3) is 0 Å². The Bertz CT molecular complexity index is 151. The average molecular weight is 157 g/mol. The Morgan fingerprint density at radius 1 is 1.55 bits per heavy atom. The Kier molecular flexibility index (Phi) is 1.87. The van der Waals surface area contributed by atoms with Crippen LogP contribution in [-0.2, 0) is 9.47 Å². The fourth-order valence-electron chi connectivity index (χ4n) is 1.87. The molecular formula is C8H15NO2. The molecule has 0 spiro atoms. The molecule has 0 aromatic rings. The first-order valence-electron chi connectivity index (χ1n) is 4.24. The minimum atomic E-state index is 0.366. The molecule has 0 saturated carbocycles. The van der Waals surface area contributed by atoms with E-state index >= 15 is 0 Å². The molecule has 2 aliphatic heterocycles. The highest BCUT2D eigenvalue weighted by Crippen LogP contribution is 2.30. The van der Waals surface area contributed by atoms with Gasteiger partial charge in [-0.05, 0) is 19.9 Å². The van der Waals surface area contributed by atoms with E-state index < -0.39 is 0 Å². The molecule has 1 N–H and O–H groups in total. The molecule has 2 aliphatic rings. The number of nitrogens with one attached hydrogen (secondary N) is 1. The van der Waals surface area contributed by atoms with E-state index in [1.165, 1.54) is 0 Å². The molecular weight excluding hydrogens is 142 g/mol. The van der Waals surface area contributed by atoms with E-state index in [4.69, 9.17) is 9.47 Å². The summed E-state index contributed by atoms with van der Waals surface area (Å²) in [5, 5.41) is 3.40. The molecule has 0 radical (unpaired) electrons. The largest absolute Gasteiger partial charge is 0.380 e. The van der Waals surface area contributed by atoms with Gasteiger partial charge in [-0.1, -0.05) is 0 Å². The Balaban J connectivity index is 1.91. The van der Waals surface area contributed by atoms with Gasteiger partial charge < -0.3 is 14.8 Å². The zero-order valence-corrected chi connectivity index (χ0v) is 7.04. The van der Waals surface area contributed by atoms with Gasteiger partial charge in [0.1, 0.15) is 6.10 Å². The van der Waals surface area contributed by atoms with Crippen molar-refractivity contribution in [1.29, 1.82) is 0 Å². The van der Waals surface area contributed by atoms with Crippen LogP contribution in [-0.4, -0.2) is 38.0 Å². The van der Waals surface area contributed by atoms with Gasteiger partial charge in [0.2, 0.25) is 0 Å². The summed E-state index contributed by atoms with van der Waals surface area (Å²) >= 11 is 0. The van der Waals surface area contributed by atoms with Crippen LogP contribution in [0.2, 0.25) is 0 Å².